The van der Waals surface area contributed by atoms with Gasteiger partial charge >= 0.3 is 0 Å². The molecule has 27 heavy (non-hydrogen) atoms. The van der Waals surface area contributed by atoms with Crippen LogP contribution in [-0.2, 0) is 6.42 Å². The van der Waals surface area contributed by atoms with Crippen LogP contribution in [0.2, 0.25) is 0 Å². The maximum Gasteiger partial charge on any atom is 0.187 e. The fourth-order valence-electron chi connectivity index (χ4n) is 3.30. The summed E-state index contributed by atoms with van der Waals surface area (Å²) >= 11 is 1.56. The molecule has 1 N–H and O–H groups in total. The summed E-state index contributed by atoms with van der Waals surface area (Å²) < 4.78 is 17.0. The lowest BCUT2D eigenvalue weighted by Crippen LogP contribution is -2.24. The Morgan fingerprint density at radius 1 is 1.11 bits per heavy atom. The zero-order valence-electron chi connectivity index (χ0n) is 15.8. The number of para-hydroxylation sites is 2. The highest BCUT2D eigenvalue weighted by Gasteiger charge is 2.33. The lowest BCUT2D eigenvalue weighted by Gasteiger charge is -2.17. The second-order valence-electron chi connectivity index (χ2n) is 7.07. The predicted octanol–water partition coefficient (Wildman–Crippen LogP) is 5.28. The van der Waals surface area contributed by atoms with Gasteiger partial charge in [0.15, 0.2) is 16.6 Å². The molecule has 0 fully saturated rings. The number of aromatic nitrogens is 1. The number of benzene rings is 2. The van der Waals surface area contributed by atoms with Crippen LogP contribution in [0.5, 0.6) is 17.2 Å². The molecule has 1 aliphatic rings. The number of ether oxygens (including phenoxy) is 3. The van der Waals surface area contributed by atoms with Crippen molar-refractivity contribution in [2.75, 3.05) is 19.5 Å². The summed E-state index contributed by atoms with van der Waals surface area (Å²) in [6, 6.07) is 11.9. The summed E-state index contributed by atoms with van der Waals surface area (Å²) in [5, 5.41) is 6.19. The second kappa shape index (κ2) is 6.78. The smallest absolute Gasteiger partial charge is 0.187 e. The summed E-state index contributed by atoms with van der Waals surface area (Å²) in [4.78, 5) is 4.74. The molecule has 0 saturated heterocycles. The molecule has 0 unspecified atom stereocenters. The van der Waals surface area contributed by atoms with Gasteiger partial charge in [0.2, 0.25) is 0 Å². The fourth-order valence-corrected chi connectivity index (χ4v) is 4.04. The van der Waals surface area contributed by atoms with Crippen LogP contribution in [0.3, 0.4) is 0 Å². The van der Waals surface area contributed by atoms with Gasteiger partial charge in [-0.3, -0.25) is 0 Å². The zero-order valence-corrected chi connectivity index (χ0v) is 16.6. The zero-order chi connectivity index (χ0) is 19.0. The molecule has 1 aliphatic heterocycles. The van der Waals surface area contributed by atoms with Crippen LogP contribution in [0, 0.1) is 0 Å². The van der Waals surface area contributed by atoms with Gasteiger partial charge in [-0.25, -0.2) is 4.98 Å². The summed E-state index contributed by atoms with van der Waals surface area (Å²) in [5.41, 5.74) is 3.76. The number of nitrogens with zero attached hydrogens (tertiary/aromatic N) is 1. The molecule has 0 atom stereocenters. The molecular weight excluding hydrogens is 360 g/mol. The summed E-state index contributed by atoms with van der Waals surface area (Å²) in [6.45, 7) is 4.18. The Kier molecular flexibility index (Phi) is 4.44. The summed E-state index contributed by atoms with van der Waals surface area (Å²) in [7, 11) is 3.33. The first-order valence-electron chi connectivity index (χ1n) is 8.75. The van der Waals surface area contributed by atoms with Crippen LogP contribution in [0.15, 0.2) is 41.8 Å². The Morgan fingerprint density at radius 3 is 2.67 bits per heavy atom. The standard InChI is InChI=1S/C21H22N2O3S/c1-21(2)11-14-9-13(10-18(25-4)19(14)26-21)16-12-27-20(23-16)22-15-7-5-6-8-17(15)24-3/h5-10,12H,11H2,1-4H3,(H,22,23). The number of methoxy groups -OCH3 is 2. The maximum atomic E-state index is 6.05. The number of rotatable bonds is 5. The van der Waals surface area contributed by atoms with Gasteiger partial charge in [-0.15, -0.1) is 11.3 Å². The molecular formula is C21H22N2O3S. The Balaban J connectivity index is 1.64. The van der Waals surface area contributed by atoms with Crippen molar-refractivity contribution in [2.24, 2.45) is 0 Å². The van der Waals surface area contributed by atoms with Gasteiger partial charge < -0.3 is 19.5 Å². The van der Waals surface area contributed by atoms with Crippen molar-refractivity contribution in [1.82, 2.24) is 4.98 Å². The van der Waals surface area contributed by atoms with E-state index in [1.54, 1.807) is 25.6 Å². The van der Waals surface area contributed by atoms with Crippen molar-refractivity contribution in [3.05, 3.63) is 47.3 Å². The minimum absolute atomic E-state index is 0.215. The Labute approximate surface area is 162 Å². The molecule has 1 aromatic heterocycles. The van der Waals surface area contributed by atoms with E-state index in [0.29, 0.717) is 0 Å². The largest absolute Gasteiger partial charge is 0.495 e. The number of nitrogens with one attached hydrogen (secondary N) is 1. The molecule has 0 amide bonds. The van der Waals surface area contributed by atoms with Gasteiger partial charge in [-0.1, -0.05) is 12.1 Å². The molecule has 5 nitrogen and oxygen atoms in total. The van der Waals surface area contributed by atoms with Crippen LogP contribution >= 0.6 is 11.3 Å². The highest BCUT2D eigenvalue weighted by Crippen LogP contribution is 2.44. The van der Waals surface area contributed by atoms with Gasteiger partial charge in [0.25, 0.3) is 0 Å². The number of fused-ring (bicyclic) bond motifs is 1. The van der Waals surface area contributed by atoms with Crippen molar-refractivity contribution < 1.29 is 14.2 Å². The molecule has 4 rings (SSSR count). The fraction of sp³-hybridized carbons (Fsp3) is 0.286. The van der Waals surface area contributed by atoms with Crippen molar-refractivity contribution in [3.8, 4) is 28.5 Å². The van der Waals surface area contributed by atoms with E-state index < -0.39 is 0 Å². The number of hydrogen-bond donors (Lipinski definition) is 1. The van der Waals surface area contributed by atoms with Crippen LogP contribution in [-0.4, -0.2) is 24.8 Å². The molecule has 3 aromatic rings. The van der Waals surface area contributed by atoms with Crippen LogP contribution < -0.4 is 19.5 Å². The molecule has 140 valence electrons. The van der Waals surface area contributed by atoms with E-state index in [-0.39, 0.29) is 5.60 Å². The van der Waals surface area contributed by atoms with Crippen LogP contribution in [0.1, 0.15) is 19.4 Å². The lowest BCUT2D eigenvalue weighted by atomic mass is 9.99. The monoisotopic (exact) mass is 382 g/mol. The predicted molar refractivity (Wildman–Crippen MR) is 109 cm³/mol. The lowest BCUT2D eigenvalue weighted by molar-refractivity contribution is 0.134. The van der Waals surface area contributed by atoms with Crippen molar-refractivity contribution in [1.29, 1.82) is 0 Å². The Morgan fingerprint density at radius 2 is 1.89 bits per heavy atom. The molecule has 2 heterocycles. The van der Waals surface area contributed by atoms with Crippen LogP contribution in [0.4, 0.5) is 10.8 Å². The quantitative estimate of drug-likeness (QED) is 0.650. The van der Waals surface area contributed by atoms with Gasteiger partial charge in [0, 0.05) is 22.9 Å². The third-order valence-electron chi connectivity index (χ3n) is 4.49. The molecule has 0 saturated carbocycles. The third kappa shape index (κ3) is 3.45. The minimum atomic E-state index is -0.215. The Bertz CT molecular complexity index is 981. The van der Waals surface area contributed by atoms with Gasteiger partial charge in [-0.05, 0) is 38.1 Å². The number of hydrogen-bond acceptors (Lipinski definition) is 6. The minimum Gasteiger partial charge on any atom is -0.495 e. The maximum absolute atomic E-state index is 6.05. The van der Waals surface area contributed by atoms with E-state index in [4.69, 9.17) is 19.2 Å². The summed E-state index contributed by atoms with van der Waals surface area (Å²) in [6.07, 6.45) is 0.850. The highest BCUT2D eigenvalue weighted by molar-refractivity contribution is 7.14. The normalized spacial score (nSPS) is 14.4. The van der Waals surface area contributed by atoms with Crippen molar-refractivity contribution >= 4 is 22.2 Å². The molecule has 0 aliphatic carbocycles. The van der Waals surface area contributed by atoms with E-state index in [9.17, 15) is 0 Å². The highest BCUT2D eigenvalue weighted by atomic mass is 32.1. The van der Waals surface area contributed by atoms with E-state index in [2.05, 4.69) is 25.2 Å². The molecule has 2 aromatic carbocycles. The van der Waals surface area contributed by atoms with Crippen molar-refractivity contribution in [3.63, 3.8) is 0 Å². The molecule has 0 bridgehead atoms. The van der Waals surface area contributed by atoms with E-state index in [1.165, 1.54) is 0 Å². The van der Waals surface area contributed by atoms with Crippen molar-refractivity contribution in [2.45, 2.75) is 25.9 Å². The molecule has 0 spiro atoms. The first-order chi connectivity index (χ1) is 13.0. The summed E-state index contributed by atoms with van der Waals surface area (Å²) in [5.74, 6) is 2.38. The second-order valence-corrected chi connectivity index (χ2v) is 7.93. The third-order valence-corrected chi connectivity index (χ3v) is 5.25. The van der Waals surface area contributed by atoms with E-state index >= 15 is 0 Å². The van der Waals surface area contributed by atoms with Gasteiger partial charge in [0.1, 0.15) is 11.4 Å². The van der Waals surface area contributed by atoms with Gasteiger partial charge in [0.05, 0.1) is 25.6 Å². The van der Waals surface area contributed by atoms with Gasteiger partial charge in [-0.2, -0.15) is 0 Å². The molecule has 0 radical (unpaired) electrons. The number of anilines is 2. The SMILES string of the molecule is COc1ccccc1Nc1nc(-c2cc3c(c(OC)c2)OC(C)(C)C3)cs1. The average molecular weight is 382 g/mol. The molecule has 6 heteroatoms. The topological polar surface area (TPSA) is 52.6 Å². The van der Waals surface area contributed by atoms with E-state index in [1.807, 2.05) is 35.7 Å². The number of thiazole rings is 1. The first kappa shape index (κ1) is 17.7. The Hall–Kier alpha value is -2.73. The average Bonchev–Trinajstić information content (AvgIpc) is 3.23. The first-order valence-corrected chi connectivity index (χ1v) is 9.63. The van der Waals surface area contributed by atoms with E-state index in [0.717, 1.165) is 51.3 Å². The van der Waals surface area contributed by atoms with Crippen LogP contribution in [0.25, 0.3) is 11.3 Å².